The van der Waals surface area contributed by atoms with Crippen LogP contribution in [0.15, 0.2) is 29.2 Å². The Kier molecular flexibility index (Phi) is 8.80. The molecule has 1 aromatic carbocycles. The number of hydrogen-bond donors (Lipinski definition) is 2. The van der Waals surface area contributed by atoms with Gasteiger partial charge in [0.1, 0.15) is 0 Å². The second-order valence-electron chi connectivity index (χ2n) is 2.41. The molecule has 0 aromatic heterocycles. The monoisotopic (exact) mass is 275 g/mol. The molecule has 0 saturated carbocycles. The molecule has 0 spiro atoms. The van der Waals surface area contributed by atoms with Gasteiger partial charge in [0.25, 0.3) is 0 Å². The van der Waals surface area contributed by atoms with Crippen LogP contribution in [0, 0.1) is 6.07 Å². The fraction of sp³-hybridized carbons (Fsp3) is 0.250. The molecule has 5 nitrogen and oxygen atoms in total. The number of rotatable bonds is 4. The van der Waals surface area contributed by atoms with E-state index >= 15 is 0 Å². The van der Waals surface area contributed by atoms with Crippen LogP contribution in [0.4, 0.5) is 0 Å². The van der Waals surface area contributed by atoms with Crippen LogP contribution < -0.4 is 10.5 Å². The van der Waals surface area contributed by atoms with E-state index in [1.165, 1.54) is 6.07 Å². The van der Waals surface area contributed by atoms with E-state index in [9.17, 15) is 8.42 Å². The second kappa shape index (κ2) is 7.79. The number of nitrogens with two attached hydrogens (primary N) is 1. The minimum absolute atomic E-state index is 0. The molecule has 0 radical (unpaired) electrons. The van der Waals surface area contributed by atoms with Crippen molar-refractivity contribution >= 4 is 10.0 Å². The van der Waals surface area contributed by atoms with Crippen LogP contribution in [0.3, 0.4) is 0 Å². The van der Waals surface area contributed by atoms with Gasteiger partial charge in [0.2, 0.25) is 10.0 Å². The van der Waals surface area contributed by atoms with Gasteiger partial charge in [-0.1, -0.05) is 0 Å². The molecule has 1 rings (SSSR count). The Morgan fingerprint density at radius 3 is 2.53 bits per heavy atom. The largest absolute Gasteiger partial charge is 0.412 e. The third-order valence-corrected chi connectivity index (χ3v) is 2.82. The molecular formula is C8H13N2NiO3S-. The van der Waals surface area contributed by atoms with E-state index in [0.29, 0.717) is 0 Å². The van der Waals surface area contributed by atoms with Gasteiger partial charge < -0.3 is 11.2 Å². The van der Waals surface area contributed by atoms with Gasteiger partial charge in [-0.25, -0.2) is 13.1 Å². The molecule has 90 valence electrons. The summed E-state index contributed by atoms with van der Waals surface area (Å²) in [5.41, 5.74) is 5.18. The average molecular weight is 276 g/mol. The van der Waals surface area contributed by atoms with Crippen molar-refractivity contribution in [3.8, 4) is 0 Å². The van der Waals surface area contributed by atoms with E-state index in [4.69, 9.17) is 5.73 Å². The summed E-state index contributed by atoms with van der Waals surface area (Å²) in [4.78, 5) is 0.142. The van der Waals surface area contributed by atoms with Crippen LogP contribution in [0.2, 0.25) is 0 Å². The van der Waals surface area contributed by atoms with Crippen molar-refractivity contribution in [1.82, 2.24) is 4.72 Å². The maximum absolute atomic E-state index is 11.4. The third-order valence-electron chi connectivity index (χ3n) is 1.41. The Balaban J connectivity index is 0. The van der Waals surface area contributed by atoms with Crippen LogP contribution in [0.5, 0.6) is 0 Å². The van der Waals surface area contributed by atoms with E-state index in [1.54, 1.807) is 18.2 Å². The molecule has 0 heterocycles. The number of nitrogens with one attached hydrogen (secondary N) is 1. The molecule has 1 aromatic rings. The fourth-order valence-corrected chi connectivity index (χ4v) is 1.84. The molecule has 0 aliphatic carbocycles. The zero-order valence-corrected chi connectivity index (χ0v) is 9.65. The minimum Gasteiger partial charge on any atom is -0.412 e. The summed E-state index contributed by atoms with van der Waals surface area (Å²) in [6.45, 7) is 0.525. The quantitative estimate of drug-likeness (QED) is 0.538. The molecule has 5 N–H and O–H groups in total. The molecule has 0 unspecified atom stereocenters. The first-order valence-electron chi connectivity index (χ1n) is 3.83. The van der Waals surface area contributed by atoms with Crippen molar-refractivity contribution in [2.75, 3.05) is 13.1 Å². The van der Waals surface area contributed by atoms with Gasteiger partial charge >= 0.3 is 0 Å². The van der Waals surface area contributed by atoms with Crippen LogP contribution in [-0.2, 0) is 26.5 Å². The Hall–Kier alpha value is -0.456. The zero-order chi connectivity index (χ0) is 9.73. The van der Waals surface area contributed by atoms with Crippen molar-refractivity contribution < 1.29 is 30.4 Å². The molecular weight excluding hydrogens is 263 g/mol. The Labute approximate surface area is 99.3 Å². The second-order valence-corrected chi connectivity index (χ2v) is 4.15. The number of sulfonamides is 1. The maximum atomic E-state index is 11.4. The van der Waals surface area contributed by atoms with Gasteiger partial charge in [0.05, 0.1) is 0 Å². The van der Waals surface area contributed by atoms with Crippen LogP contribution >= 0.6 is 0 Å². The molecule has 0 fully saturated rings. The number of hydrogen-bond acceptors (Lipinski definition) is 3. The molecule has 7 heteroatoms. The summed E-state index contributed by atoms with van der Waals surface area (Å²) in [5.74, 6) is 0. The normalized spacial score (nSPS) is 9.93. The molecule has 0 atom stereocenters. The first kappa shape index (κ1) is 17.0. The summed E-state index contributed by atoms with van der Waals surface area (Å²) in [5, 5.41) is 0. The fourth-order valence-electron chi connectivity index (χ4n) is 0.815. The van der Waals surface area contributed by atoms with Gasteiger partial charge in [-0.2, -0.15) is 30.3 Å². The maximum Gasteiger partial charge on any atom is 0.217 e. The van der Waals surface area contributed by atoms with Gasteiger partial charge in [0.15, 0.2) is 0 Å². The van der Waals surface area contributed by atoms with Crippen LogP contribution in [0.1, 0.15) is 0 Å². The van der Waals surface area contributed by atoms with Crippen molar-refractivity contribution in [2.24, 2.45) is 5.73 Å². The van der Waals surface area contributed by atoms with E-state index in [2.05, 4.69) is 10.8 Å². The summed E-state index contributed by atoms with van der Waals surface area (Å²) in [7, 11) is -3.41. The topological polar surface area (TPSA) is 104 Å². The predicted molar refractivity (Wildman–Crippen MR) is 53.1 cm³/mol. The Bertz CT molecular complexity index is 355. The van der Waals surface area contributed by atoms with Gasteiger partial charge in [-0.05, 0) is 4.90 Å². The summed E-state index contributed by atoms with van der Waals surface area (Å²) < 4.78 is 25.1. The summed E-state index contributed by atoms with van der Waals surface area (Å²) >= 11 is 0. The van der Waals surface area contributed by atoms with E-state index in [0.717, 1.165) is 0 Å². The summed E-state index contributed by atoms with van der Waals surface area (Å²) in [6, 6.07) is 9.02. The van der Waals surface area contributed by atoms with E-state index < -0.39 is 10.0 Å². The van der Waals surface area contributed by atoms with Crippen LogP contribution in [-0.4, -0.2) is 27.0 Å². The Morgan fingerprint density at radius 2 is 2.07 bits per heavy atom. The number of benzene rings is 1. The SMILES string of the molecule is NCCNS(=O)(=O)c1[c-]cccc1.O.[Ni]. The van der Waals surface area contributed by atoms with Crippen LogP contribution in [0.25, 0.3) is 0 Å². The third kappa shape index (κ3) is 5.25. The predicted octanol–water partition coefficient (Wildman–Crippen LogP) is -1.10. The van der Waals surface area contributed by atoms with Gasteiger partial charge in [-0.3, -0.25) is 0 Å². The average Bonchev–Trinajstić information content (AvgIpc) is 2.16. The Morgan fingerprint density at radius 1 is 1.40 bits per heavy atom. The smallest absolute Gasteiger partial charge is 0.217 e. The van der Waals surface area contributed by atoms with Crippen molar-refractivity contribution in [1.29, 1.82) is 0 Å². The van der Waals surface area contributed by atoms with Gasteiger partial charge in [-0.15, -0.1) is 0 Å². The molecule has 0 aliphatic rings. The minimum atomic E-state index is -3.41. The molecule has 0 saturated heterocycles. The van der Waals surface area contributed by atoms with Crippen molar-refractivity contribution in [3.63, 3.8) is 0 Å². The van der Waals surface area contributed by atoms with E-state index in [1.807, 2.05) is 0 Å². The standard InChI is InChI=1S/C8H11N2O2S.Ni.H2O/c9-6-7-10-13(11,12)8-4-2-1-3-5-8;;/h1-4,10H,6-7,9H2;;1H2/q-1;;. The van der Waals surface area contributed by atoms with E-state index in [-0.39, 0.29) is 40.0 Å². The first-order chi connectivity index (χ1) is 6.17. The first-order valence-corrected chi connectivity index (χ1v) is 5.31. The molecule has 0 bridgehead atoms. The zero-order valence-electron chi connectivity index (χ0n) is 7.84. The van der Waals surface area contributed by atoms with Crippen molar-refractivity contribution in [2.45, 2.75) is 4.90 Å². The summed E-state index contributed by atoms with van der Waals surface area (Å²) in [6.07, 6.45) is 0. The molecule has 15 heavy (non-hydrogen) atoms. The van der Waals surface area contributed by atoms with Crippen molar-refractivity contribution in [3.05, 3.63) is 30.3 Å². The molecule has 0 amide bonds. The van der Waals surface area contributed by atoms with Gasteiger partial charge in [0, 0.05) is 29.6 Å². The molecule has 0 aliphatic heterocycles.